The third kappa shape index (κ3) is 5.48. The number of alkyl halides is 3. The number of ether oxygens (including phenoxy) is 2. The summed E-state index contributed by atoms with van der Waals surface area (Å²) in [5.74, 6) is -0.292. The number of aromatic nitrogens is 1. The number of rotatable bonds is 6. The maximum atomic E-state index is 12.2. The van der Waals surface area contributed by atoms with Crippen molar-refractivity contribution >= 4 is 22.4 Å². The predicted molar refractivity (Wildman–Crippen MR) is 91.0 cm³/mol. The molecule has 0 aliphatic carbocycles. The van der Waals surface area contributed by atoms with Crippen molar-refractivity contribution in [2.24, 2.45) is 0 Å². The van der Waals surface area contributed by atoms with Crippen molar-refractivity contribution in [3.63, 3.8) is 0 Å². The van der Waals surface area contributed by atoms with E-state index in [2.05, 4.69) is 15.0 Å². The van der Waals surface area contributed by atoms with Gasteiger partial charge >= 0.3 is 6.36 Å². The molecular formula is C17H13F3N2O4S. The van der Waals surface area contributed by atoms with E-state index in [1.165, 1.54) is 35.6 Å². The number of nitrogens with one attached hydrogen (secondary N) is 1. The Morgan fingerprint density at radius 2 is 2.04 bits per heavy atom. The van der Waals surface area contributed by atoms with Gasteiger partial charge in [-0.05, 0) is 31.2 Å². The summed E-state index contributed by atoms with van der Waals surface area (Å²) < 4.78 is 51.3. The molecule has 0 fully saturated rings. The zero-order chi connectivity index (χ0) is 19.4. The molecule has 2 aromatic heterocycles. The van der Waals surface area contributed by atoms with Crippen molar-refractivity contribution in [2.45, 2.75) is 19.9 Å². The summed E-state index contributed by atoms with van der Waals surface area (Å²) in [7, 11) is 0. The molecule has 3 aromatic rings. The molecule has 142 valence electrons. The third-order valence-corrected chi connectivity index (χ3v) is 4.02. The van der Waals surface area contributed by atoms with E-state index in [4.69, 9.17) is 9.15 Å². The number of furan rings is 1. The molecule has 1 N–H and O–H groups in total. The van der Waals surface area contributed by atoms with Crippen LogP contribution in [0.1, 0.15) is 22.0 Å². The number of hydrogen-bond donors (Lipinski definition) is 1. The van der Waals surface area contributed by atoms with Gasteiger partial charge in [-0.3, -0.25) is 10.1 Å². The minimum Gasteiger partial charge on any atom is -0.486 e. The van der Waals surface area contributed by atoms with Crippen molar-refractivity contribution < 1.29 is 31.9 Å². The summed E-state index contributed by atoms with van der Waals surface area (Å²) in [6, 6.07) is 8.12. The van der Waals surface area contributed by atoms with Crippen LogP contribution >= 0.6 is 11.3 Å². The van der Waals surface area contributed by atoms with Crippen molar-refractivity contribution in [3.05, 3.63) is 59.0 Å². The zero-order valence-corrected chi connectivity index (χ0v) is 14.7. The molecule has 0 saturated carbocycles. The first kappa shape index (κ1) is 18.8. The number of nitrogens with zero attached hydrogens (tertiary/aromatic N) is 1. The summed E-state index contributed by atoms with van der Waals surface area (Å²) in [6.45, 7) is 1.74. The van der Waals surface area contributed by atoms with Gasteiger partial charge in [0.1, 0.15) is 23.9 Å². The summed E-state index contributed by atoms with van der Waals surface area (Å²) in [5.41, 5.74) is 0.792. The van der Waals surface area contributed by atoms with E-state index in [0.29, 0.717) is 10.9 Å². The Hall–Kier alpha value is -3.01. The molecule has 0 spiro atoms. The van der Waals surface area contributed by atoms with Gasteiger partial charge in [0.05, 0.1) is 5.69 Å². The highest BCUT2D eigenvalue weighted by molar-refractivity contribution is 7.13. The normalized spacial score (nSPS) is 11.3. The fourth-order valence-corrected chi connectivity index (χ4v) is 2.75. The average Bonchev–Trinajstić information content (AvgIpc) is 3.21. The number of carbonyl (C=O) groups is 1. The van der Waals surface area contributed by atoms with Crippen LogP contribution in [0.25, 0.3) is 0 Å². The van der Waals surface area contributed by atoms with Crippen LogP contribution in [-0.4, -0.2) is 17.3 Å². The molecule has 0 aliphatic rings. The summed E-state index contributed by atoms with van der Waals surface area (Å²) in [5, 5.41) is 4.86. The van der Waals surface area contributed by atoms with Gasteiger partial charge < -0.3 is 13.9 Å². The van der Waals surface area contributed by atoms with E-state index in [1.54, 1.807) is 5.38 Å². The monoisotopic (exact) mass is 398 g/mol. The van der Waals surface area contributed by atoms with Gasteiger partial charge in [0.2, 0.25) is 0 Å². The number of carbonyl (C=O) groups excluding carboxylic acids is 1. The summed E-state index contributed by atoms with van der Waals surface area (Å²) in [4.78, 5) is 16.2. The van der Waals surface area contributed by atoms with Gasteiger partial charge in [-0.15, -0.1) is 24.5 Å². The maximum absolute atomic E-state index is 12.2. The van der Waals surface area contributed by atoms with Gasteiger partial charge in [-0.2, -0.15) is 0 Å². The Labute approximate surface area is 155 Å². The highest BCUT2D eigenvalue weighted by Crippen LogP contribution is 2.26. The Morgan fingerprint density at radius 1 is 1.26 bits per heavy atom. The fourth-order valence-electron chi connectivity index (χ4n) is 2.06. The van der Waals surface area contributed by atoms with Gasteiger partial charge in [-0.1, -0.05) is 6.07 Å². The molecule has 3 rings (SSSR count). The molecule has 1 aromatic carbocycles. The molecule has 6 nitrogen and oxygen atoms in total. The number of halogens is 3. The maximum Gasteiger partial charge on any atom is 0.573 e. The van der Waals surface area contributed by atoms with Gasteiger partial charge in [0.25, 0.3) is 5.91 Å². The Kier molecular flexibility index (Phi) is 5.36. The topological polar surface area (TPSA) is 73.6 Å². The predicted octanol–water partition coefficient (Wildman–Crippen LogP) is 4.77. The zero-order valence-electron chi connectivity index (χ0n) is 13.9. The van der Waals surface area contributed by atoms with E-state index in [-0.39, 0.29) is 18.1 Å². The Bertz CT molecular complexity index is 936. The van der Waals surface area contributed by atoms with E-state index in [1.807, 2.05) is 6.92 Å². The number of anilines is 1. The minimum atomic E-state index is -4.78. The van der Waals surface area contributed by atoms with Crippen LogP contribution < -0.4 is 14.8 Å². The van der Waals surface area contributed by atoms with Crippen LogP contribution in [0.5, 0.6) is 11.5 Å². The Balaban J connectivity index is 1.58. The highest BCUT2D eigenvalue weighted by Gasteiger charge is 2.31. The SMILES string of the molecule is Cc1csc(NC(=O)c2ccc(COc3cccc(OC(F)(F)F)c3)o2)n1. The van der Waals surface area contributed by atoms with E-state index < -0.39 is 18.0 Å². The van der Waals surface area contributed by atoms with Gasteiger partial charge in [-0.25, -0.2) is 4.98 Å². The number of aryl methyl sites for hydroxylation is 1. The van der Waals surface area contributed by atoms with E-state index in [0.717, 1.165) is 17.8 Å². The smallest absolute Gasteiger partial charge is 0.486 e. The lowest BCUT2D eigenvalue weighted by Crippen LogP contribution is -2.17. The number of benzene rings is 1. The second-order valence-electron chi connectivity index (χ2n) is 5.33. The average molecular weight is 398 g/mol. The number of amides is 1. The standard InChI is InChI=1S/C17H13F3N2O4S/c1-10-9-27-16(21-10)22-15(23)14-6-5-13(25-14)8-24-11-3-2-4-12(7-11)26-17(18,19)20/h2-7,9H,8H2,1H3,(H,21,22,23). The van der Waals surface area contributed by atoms with Crippen LogP contribution in [-0.2, 0) is 6.61 Å². The Morgan fingerprint density at radius 3 is 2.74 bits per heavy atom. The lowest BCUT2D eigenvalue weighted by Gasteiger charge is -2.10. The van der Waals surface area contributed by atoms with Crippen LogP contribution in [0.4, 0.5) is 18.3 Å². The van der Waals surface area contributed by atoms with Crippen LogP contribution in [0, 0.1) is 6.92 Å². The first-order valence-electron chi connectivity index (χ1n) is 7.59. The summed E-state index contributed by atoms with van der Waals surface area (Å²) in [6.07, 6.45) is -4.78. The molecule has 0 aliphatic heterocycles. The first-order valence-corrected chi connectivity index (χ1v) is 8.47. The second kappa shape index (κ2) is 7.70. The lowest BCUT2D eigenvalue weighted by atomic mass is 10.3. The van der Waals surface area contributed by atoms with E-state index >= 15 is 0 Å². The molecule has 27 heavy (non-hydrogen) atoms. The van der Waals surface area contributed by atoms with Crippen molar-refractivity contribution in [1.82, 2.24) is 4.98 Å². The largest absolute Gasteiger partial charge is 0.573 e. The van der Waals surface area contributed by atoms with Crippen LogP contribution in [0.2, 0.25) is 0 Å². The highest BCUT2D eigenvalue weighted by atomic mass is 32.1. The van der Waals surface area contributed by atoms with Crippen molar-refractivity contribution in [2.75, 3.05) is 5.32 Å². The molecule has 10 heteroatoms. The molecule has 0 atom stereocenters. The van der Waals surface area contributed by atoms with Crippen molar-refractivity contribution in [1.29, 1.82) is 0 Å². The van der Waals surface area contributed by atoms with Gasteiger partial charge in [0.15, 0.2) is 10.9 Å². The molecule has 2 heterocycles. The first-order chi connectivity index (χ1) is 12.8. The number of thiazole rings is 1. The summed E-state index contributed by atoms with van der Waals surface area (Å²) >= 11 is 1.29. The molecule has 0 unspecified atom stereocenters. The second-order valence-corrected chi connectivity index (χ2v) is 6.18. The minimum absolute atomic E-state index is 0.0654. The molecular weight excluding hydrogens is 385 g/mol. The fraction of sp³-hybridized carbons (Fsp3) is 0.176. The molecule has 0 radical (unpaired) electrons. The van der Waals surface area contributed by atoms with E-state index in [9.17, 15) is 18.0 Å². The van der Waals surface area contributed by atoms with Gasteiger partial charge in [0, 0.05) is 11.4 Å². The molecule has 1 amide bonds. The third-order valence-electron chi connectivity index (χ3n) is 3.15. The quantitative estimate of drug-likeness (QED) is 0.647. The molecule has 0 bridgehead atoms. The molecule has 0 saturated heterocycles. The lowest BCUT2D eigenvalue weighted by molar-refractivity contribution is -0.274. The number of hydrogen-bond acceptors (Lipinski definition) is 6. The van der Waals surface area contributed by atoms with Crippen molar-refractivity contribution in [3.8, 4) is 11.5 Å². The van der Waals surface area contributed by atoms with Crippen LogP contribution in [0.15, 0.2) is 46.2 Å². The van der Waals surface area contributed by atoms with Crippen LogP contribution in [0.3, 0.4) is 0 Å².